The summed E-state index contributed by atoms with van der Waals surface area (Å²) in [5.74, 6) is 0. The van der Waals surface area contributed by atoms with Gasteiger partial charge in [-0.05, 0) is 0 Å². The summed E-state index contributed by atoms with van der Waals surface area (Å²) in [5, 5.41) is 19.0. The van der Waals surface area contributed by atoms with Crippen molar-refractivity contribution in [2.75, 3.05) is 13.2 Å². The van der Waals surface area contributed by atoms with Crippen LogP contribution < -0.4 is 4.72 Å². The summed E-state index contributed by atoms with van der Waals surface area (Å²) in [4.78, 5) is 0. The molecule has 0 aromatic rings. The summed E-state index contributed by atoms with van der Waals surface area (Å²) in [7, 11) is -9.85. The zero-order valence-electron chi connectivity index (χ0n) is 9.20. The fraction of sp³-hybridized carbons (Fsp3) is 1.00. The van der Waals surface area contributed by atoms with Crippen molar-refractivity contribution in [3.05, 3.63) is 0 Å². The quantitative estimate of drug-likeness (QED) is 0.333. The highest BCUT2D eigenvalue weighted by Crippen LogP contribution is 2.17. The Morgan fingerprint density at radius 1 is 1.21 bits per heavy atom. The zero-order valence-corrected chi connectivity index (χ0v) is 10.8. The fourth-order valence-corrected chi connectivity index (χ4v) is 2.35. The Bertz CT molecular complexity index is 498. The average Bonchev–Trinajstić information content (AvgIpc) is 2.21. The predicted octanol–water partition coefficient (Wildman–Crippen LogP) is -4.00. The third-order valence-corrected chi connectivity index (χ3v) is 3.32. The van der Waals surface area contributed by atoms with E-state index >= 15 is 0 Å². The normalized spacial score (nSPS) is 33.3. The molecule has 0 radical (unpaired) electrons. The van der Waals surface area contributed by atoms with E-state index in [-0.39, 0.29) is 0 Å². The second-order valence-electron chi connectivity index (χ2n) is 3.72. The first kappa shape index (κ1) is 16.7. The maximum Gasteiger partial charge on any atom is 0.217 e. The lowest BCUT2D eigenvalue weighted by Crippen LogP contribution is -2.60. The fourth-order valence-electron chi connectivity index (χ4n) is 1.47. The maximum atomic E-state index is 10.4. The van der Waals surface area contributed by atoms with Gasteiger partial charge in [0.25, 0.3) is 0 Å². The Balaban J connectivity index is 2.62. The number of hydrogen-bond acceptors (Lipinski definition) is 10. The number of aliphatic hydroxyl groups is 2. The van der Waals surface area contributed by atoms with Crippen molar-refractivity contribution < 1.29 is 45.1 Å². The minimum absolute atomic E-state index is 0.507. The first-order valence-electron chi connectivity index (χ1n) is 4.81. The molecule has 114 valence electrons. The molecule has 3 N–H and O–H groups in total. The second-order valence-corrected chi connectivity index (χ2v) is 5.92. The van der Waals surface area contributed by atoms with E-state index in [2.05, 4.69) is 4.18 Å². The van der Waals surface area contributed by atoms with Crippen molar-refractivity contribution in [2.24, 2.45) is 0 Å². The van der Waals surface area contributed by atoms with E-state index < -0.39 is 58.3 Å². The van der Waals surface area contributed by atoms with Crippen LogP contribution in [-0.2, 0) is 29.6 Å². The van der Waals surface area contributed by atoms with Crippen LogP contribution in [-0.4, -0.2) is 73.7 Å². The van der Waals surface area contributed by atoms with E-state index in [4.69, 9.17) is 4.74 Å². The molecule has 1 heterocycles. The van der Waals surface area contributed by atoms with Gasteiger partial charge in [0, 0.05) is 0 Å². The molecule has 0 saturated carbocycles. The summed E-state index contributed by atoms with van der Waals surface area (Å²) < 4.78 is 72.0. The Kier molecular flexibility index (Phi) is 5.21. The SMILES string of the molecule is O=S(=O)([O-])NC1COC(COS(=O)(=O)[O-])[C@H](O)[C@@H]1O. The van der Waals surface area contributed by atoms with Gasteiger partial charge < -0.3 is 24.1 Å². The molecule has 1 fully saturated rings. The summed E-state index contributed by atoms with van der Waals surface area (Å²) in [5.41, 5.74) is 0. The maximum absolute atomic E-state index is 10.4. The van der Waals surface area contributed by atoms with Crippen LogP contribution in [0.15, 0.2) is 0 Å². The second kappa shape index (κ2) is 5.94. The van der Waals surface area contributed by atoms with Crippen molar-refractivity contribution in [2.45, 2.75) is 24.4 Å². The molecule has 1 aliphatic rings. The van der Waals surface area contributed by atoms with E-state index in [0.29, 0.717) is 0 Å². The molecule has 0 bridgehead atoms. The first-order valence-corrected chi connectivity index (χ1v) is 7.55. The van der Waals surface area contributed by atoms with Crippen LogP contribution in [0.25, 0.3) is 0 Å². The van der Waals surface area contributed by atoms with Gasteiger partial charge in [0.05, 0.1) is 19.3 Å². The van der Waals surface area contributed by atoms with Gasteiger partial charge in [0.2, 0.25) is 10.4 Å². The number of nitrogens with one attached hydrogen (secondary N) is 1. The molecule has 19 heavy (non-hydrogen) atoms. The van der Waals surface area contributed by atoms with Crippen LogP contribution in [0.1, 0.15) is 0 Å². The molecule has 2 unspecified atom stereocenters. The topological polar surface area (TPSA) is 185 Å². The molecule has 0 aromatic carbocycles. The molecule has 13 heteroatoms. The molecule has 4 atom stereocenters. The van der Waals surface area contributed by atoms with Gasteiger partial charge in [0.1, 0.15) is 18.3 Å². The van der Waals surface area contributed by atoms with E-state index in [1.54, 1.807) is 0 Å². The Labute approximate surface area is 109 Å². The van der Waals surface area contributed by atoms with Gasteiger partial charge in [-0.3, -0.25) is 4.18 Å². The van der Waals surface area contributed by atoms with Crippen LogP contribution >= 0.6 is 0 Å². The van der Waals surface area contributed by atoms with Crippen molar-refractivity contribution in [3.8, 4) is 0 Å². The Morgan fingerprint density at radius 3 is 2.26 bits per heavy atom. The smallest absolute Gasteiger partial charge is 0.217 e. The highest BCUT2D eigenvalue weighted by molar-refractivity contribution is 7.83. The Morgan fingerprint density at radius 2 is 1.79 bits per heavy atom. The largest absolute Gasteiger partial charge is 0.735 e. The van der Waals surface area contributed by atoms with Gasteiger partial charge >= 0.3 is 0 Å². The van der Waals surface area contributed by atoms with E-state index in [9.17, 15) is 36.2 Å². The summed E-state index contributed by atoms with van der Waals surface area (Å²) in [6.45, 7) is -1.35. The van der Waals surface area contributed by atoms with E-state index in [1.165, 1.54) is 4.72 Å². The molecule has 0 aromatic heterocycles. The van der Waals surface area contributed by atoms with E-state index in [0.717, 1.165) is 0 Å². The monoisotopic (exact) mass is 321 g/mol. The lowest BCUT2D eigenvalue weighted by atomic mass is 9.99. The first-order chi connectivity index (χ1) is 8.49. The summed E-state index contributed by atoms with van der Waals surface area (Å²) in [6, 6.07) is -1.39. The van der Waals surface area contributed by atoms with Gasteiger partial charge in [-0.25, -0.2) is 21.6 Å². The summed E-state index contributed by atoms with van der Waals surface area (Å²) in [6.07, 6.45) is -4.82. The highest BCUT2D eigenvalue weighted by atomic mass is 32.3. The average molecular weight is 321 g/mol. The molecule has 1 rings (SSSR count). The number of aliphatic hydroxyl groups excluding tert-OH is 2. The van der Waals surface area contributed by atoms with Crippen molar-refractivity contribution in [1.29, 1.82) is 0 Å². The lowest BCUT2D eigenvalue weighted by Gasteiger charge is -2.38. The molecule has 1 aliphatic heterocycles. The highest BCUT2D eigenvalue weighted by Gasteiger charge is 2.39. The number of ether oxygens (including phenoxy) is 1. The molecule has 11 nitrogen and oxygen atoms in total. The number of hydrogen-bond donors (Lipinski definition) is 3. The Hall–Kier alpha value is -0.380. The van der Waals surface area contributed by atoms with Crippen LogP contribution in [0.2, 0.25) is 0 Å². The minimum Gasteiger partial charge on any atom is -0.735 e. The molecule has 0 spiro atoms. The van der Waals surface area contributed by atoms with Crippen molar-refractivity contribution in [1.82, 2.24) is 4.72 Å². The number of rotatable bonds is 5. The van der Waals surface area contributed by atoms with Gasteiger partial charge in [-0.1, -0.05) is 0 Å². The molecular weight excluding hydrogens is 310 g/mol. The summed E-state index contributed by atoms with van der Waals surface area (Å²) >= 11 is 0. The van der Waals surface area contributed by atoms with Gasteiger partial charge in [0.15, 0.2) is 10.3 Å². The lowest BCUT2D eigenvalue weighted by molar-refractivity contribution is -0.156. The standard InChI is InChI=1S/C6H13NO10S2/c8-5-3(7-18(10,11)12)1-16-4(6(5)9)2-17-19(13,14)15/h3-9H,1-2H2,(H,10,11,12)(H,13,14,15)/p-2/t3?,4?,5-,6+/m1/s1. The molecule has 1 saturated heterocycles. The van der Waals surface area contributed by atoms with Gasteiger partial charge in [-0.2, -0.15) is 0 Å². The van der Waals surface area contributed by atoms with Gasteiger partial charge in [-0.15, -0.1) is 0 Å². The molecular formula is C6H11NO10S2-2. The van der Waals surface area contributed by atoms with Crippen molar-refractivity contribution >= 4 is 20.7 Å². The predicted molar refractivity (Wildman–Crippen MR) is 54.0 cm³/mol. The zero-order chi connectivity index (χ0) is 14.8. The minimum atomic E-state index is -4.99. The molecule has 0 aliphatic carbocycles. The van der Waals surface area contributed by atoms with E-state index in [1.807, 2.05) is 0 Å². The third-order valence-electron chi connectivity index (χ3n) is 2.31. The molecule has 0 amide bonds. The van der Waals surface area contributed by atoms with Crippen molar-refractivity contribution in [3.63, 3.8) is 0 Å². The van der Waals surface area contributed by atoms with Crippen LogP contribution in [0.3, 0.4) is 0 Å². The third kappa shape index (κ3) is 5.64. The van der Waals surface area contributed by atoms with Crippen LogP contribution in [0.5, 0.6) is 0 Å². The van der Waals surface area contributed by atoms with Crippen LogP contribution in [0, 0.1) is 0 Å². The van der Waals surface area contributed by atoms with Crippen LogP contribution in [0.4, 0.5) is 0 Å².